The summed E-state index contributed by atoms with van der Waals surface area (Å²) in [5.41, 5.74) is 1.41. The molecule has 0 unspecified atom stereocenters. The van der Waals surface area contributed by atoms with Crippen molar-refractivity contribution in [1.82, 2.24) is 4.90 Å². The van der Waals surface area contributed by atoms with E-state index in [1.54, 1.807) is 26.2 Å². The second-order valence-electron chi connectivity index (χ2n) is 12.8. The van der Waals surface area contributed by atoms with Crippen molar-refractivity contribution in [3.63, 3.8) is 0 Å². The third-order valence-corrected chi connectivity index (χ3v) is 10.3. The van der Waals surface area contributed by atoms with Gasteiger partial charge in [-0.2, -0.15) is 0 Å². The number of methoxy groups -OCH3 is 1. The van der Waals surface area contributed by atoms with Crippen LogP contribution >= 0.6 is 0 Å². The first-order valence-corrected chi connectivity index (χ1v) is 15.9. The second kappa shape index (κ2) is 13.7. The number of fused-ring (bicyclic) bond motifs is 1. The number of alkyl halides is 1. The van der Waals surface area contributed by atoms with Crippen LogP contribution in [-0.2, 0) is 25.5 Å². The van der Waals surface area contributed by atoms with Crippen LogP contribution in [0, 0.1) is 29.6 Å². The summed E-state index contributed by atoms with van der Waals surface area (Å²) in [4.78, 5) is 42.2. The van der Waals surface area contributed by atoms with E-state index in [0.717, 1.165) is 68.7 Å². The average Bonchev–Trinajstić information content (AvgIpc) is 3.65. The molecular weight excluding hydrogens is 537 g/mol. The Kier molecular flexibility index (Phi) is 10.0. The smallest absolute Gasteiger partial charge is 0.374 e. The van der Waals surface area contributed by atoms with Crippen LogP contribution in [0.4, 0.5) is 4.39 Å². The van der Waals surface area contributed by atoms with Crippen molar-refractivity contribution in [3.05, 3.63) is 35.6 Å². The van der Waals surface area contributed by atoms with Crippen molar-refractivity contribution in [2.24, 2.45) is 29.6 Å². The van der Waals surface area contributed by atoms with Gasteiger partial charge in [-0.3, -0.25) is 14.0 Å². The van der Waals surface area contributed by atoms with Gasteiger partial charge in [0, 0.05) is 31.4 Å². The maximum absolute atomic E-state index is 14.1. The number of hydrogen-bond acceptors (Lipinski definition) is 6. The Hall–Kier alpha value is -2.74. The lowest BCUT2D eigenvalue weighted by Gasteiger charge is -2.37. The van der Waals surface area contributed by atoms with Crippen LogP contribution in [0.25, 0.3) is 11.0 Å². The van der Waals surface area contributed by atoms with Gasteiger partial charge in [0.1, 0.15) is 5.58 Å². The minimum absolute atomic E-state index is 0.0368. The first-order valence-electron chi connectivity index (χ1n) is 15.9. The number of ketones is 1. The van der Waals surface area contributed by atoms with Crippen LogP contribution in [0.15, 0.2) is 28.7 Å². The Balaban J connectivity index is 1.33. The molecule has 1 aromatic heterocycles. The molecule has 3 fully saturated rings. The molecule has 0 radical (unpaired) electrons. The molecule has 230 valence electrons. The van der Waals surface area contributed by atoms with E-state index < -0.39 is 12.0 Å². The maximum atomic E-state index is 14.1. The molecule has 3 atom stereocenters. The second-order valence-corrected chi connectivity index (χ2v) is 12.8. The topological polar surface area (TPSA) is 86.1 Å². The highest BCUT2D eigenvalue weighted by Crippen LogP contribution is 2.42. The summed E-state index contributed by atoms with van der Waals surface area (Å²) < 4.78 is 29.6. The third kappa shape index (κ3) is 6.58. The first-order chi connectivity index (χ1) is 20.3. The number of benzene rings is 1. The molecule has 1 amide bonds. The van der Waals surface area contributed by atoms with Crippen molar-refractivity contribution in [2.45, 2.75) is 90.2 Å². The molecule has 1 aromatic carbocycles. The normalized spacial score (nSPS) is 29.0. The Labute approximate surface area is 248 Å². The molecule has 3 aliphatic rings. The molecular formula is C34H46FNO6. The Morgan fingerprint density at radius 1 is 1.02 bits per heavy atom. The van der Waals surface area contributed by atoms with Crippen LogP contribution in [0.2, 0.25) is 0 Å². The summed E-state index contributed by atoms with van der Waals surface area (Å²) in [5.74, 6) is 0.648. The number of likely N-dealkylation sites (tertiary alicyclic amines) is 1. The average molecular weight is 584 g/mol. The molecule has 2 aliphatic carbocycles. The van der Waals surface area contributed by atoms with Crippen molar-refractivity contribution in [3.8, 4) is 0 Å². The molecule has 0 bridgehead atoms. The van der Waals surface area contributed by atoms with Gasteiger partial charge in [-0.15, -0.1) is 0 Å². The number of furan rings is 1. The zero-order chi connectivity index (χ0) is 29.8. The quantitative estimate of drug-likeness (QED) is 0.295. The van der Waals surface area contributed by atoms with Crippen LogP contribution in [0.1, 0.15) is 87.8 Å². The zero-order valence-electron chi connectivity index (χ0n) is 25.3. The minimum Gasteiger partial charge on any atom is -0.460 e. The summed E-state index contributed by atoms with van der Waals surface area (Å²) >= 11 is 0. The number of Topliss-reactive ketones (excluding diaryl/α,β-unsaturated/α-hetero) is 1. The van der Waals surface area contributed by atoms with Crippen molar-refractivity contribution in [1.29, 1.82) is 0 Å². The third-order valence-electron chi connectivity index (χ3n) is 10.3. The number of ether oxygens (including phenoxy) is 2. The van der Waals surface area contributed by atoms with Gasteiger partial charge in [-0.05, 0) is 112 Å². The lowest BCUT2D eigenvalue weighted by atomic mass is 9.74. The largest absolute Gasteiger partial charge is 0.460 e. The predicted molar refractivity (Wildman–Crippen MR) is 158 cm³/mol. The van der Waals surface area contributed by atoms with Crippen LogP contribution < -0.4 is 0 Å². The van der Waals surface area contributed by atoms with Crippen LogP contribution in [0.3, 0.4) is 0 Å². The predicted octanol–water partition coefficient (Wildman–Crippen LogP) is 6.56. The van der Waals surface area contributed by atoms with E-state index in [1.165, 1.54) is 0 Å². The van der Waals surface area contributed by atoms with Gasteiger partial charge in [-0.25, -0.2) is 4.79 Å². The van der Waals surface area contributed by atoms with Gasteiger partial charge in [-0.1, -0.05) is 13.0 Å². The number of esters is 1. The zero-order valence-corrected chi connectivity index (χ0v) is 25.3. The van der Waals surface area contributed by atoms with Crippen molar-refractivity contribution < 1.29 is 32.7 Å². The van der Waals surface area contributed by atoms with Gasteiger partial charge >= 0.3 is 5.97 Å². The van der Waals surface area contributed by atoms with Gasteiger partial charge in [0.2, 0.25) is 11.7 Å². The van der Waals surface area contributed by atoms with Gasteiger partial charge < -0.3 is 18.8 Å². The number of halogens is 1. The van der Waals surface area contributed by atoms with E-state index in [4.69, 9.17) is 13.9 Å². The fourth-order valence-corrected chi connectivity index (χ4v) is 7.83. The summed E-state index contributed by atoms with van der Waals surface area (Å²) in [6, 6.07) is 6.78. The highest BCUT2D eigenvalue weighted by Gasteiger charge is 2.47. The molecule has 2 heterocycles. The lowest BCUT2D eigenvalue weighted by Crippen LogP contribution is -2.48. The summed E-state index contributed by atoms with van der Waals surface area (Å²) in [6.45, 7) is 4.28. The highest BCUT2D eigenvalue weighted by molar-refractivity contribution is 5.94. The first kappa shape index (κ1) is 30.7. The molecule has 1 saturated heterocycles. The summed E-state index contributed by atoms with van der Waals surface area (Å²) in [7, 11) is 1.77. The van der Waals surface area contributed by atoms with Crippen molar-refractivity contribution >= 4 is 28.6 Å². The van der Waals surface area contributed by atoms with E-state index in [0.29, 0.717) is 24.0 Å². The number of amides is 1. The summed E-state index contributed by atoms with van der Waals surface area (Å²) in [6.07, 6.45) is 8.64. The van der Waals surface area contributed by atoms with Gasteiger partial charge in [0.25, 0.3) is 0 Å². The molecule has 42 heavy (non-hydrogen) atoms. The standard InChI is InChI=1S/C34H46FNO6/c1-4-41-34(39)31-19-26-17-22(5-14-30(26)42-31)18-29(37)32-28(24-10-12-27(40-3)13-11-24)15-16-36(32)33(38)25-8-6-23(7-9-25)21(2)20-35/h5,14,17,19,21,23-25,27-28,32H,4,6-13,15-16,18,20H2,1-3H3/t21-,23?,24?,25?,27?,28-,32-/m1/s1. The van der Waals surface area contributed by atoms with E-state index in [-0.39, 0.29) is 61.0 Å². The lowest BCUT2D eigenvalue weighted by molar-refractivity contribution is -0.143. The molecule has 2 saturated carbocycles. The number of hydrogen-bond donors (Lipinski definition) is 0. The summed E-state index contributed by atoms with van der Waals surface area (Å²) in [5, 5.41) is 0.747. The molecule has 2 aromatic rings. The monoisotopic (exact) mass is 583 g/mol. The maximum Gasteiger partial charge on any atom is 0.374 e. The minimum atomic E-state index is -0.509. The van der Waals surface area contributed by atoms with E-state index >= 15 is 0 Å². The number of carbonyl (C=O) groups is 3. The molecule has 0 N–H and O–H groups in total. The van der Waals surface area contributed by atoms with Gasteiger partial charge in [0.15, 0.2) is 5.78 Å². The Morgan fingerprint density at radius 2 is 1.76 bits per heavy atom. The van der Waals surface area contributed by atoms with Crippen LogP contribution in [-0.4, -0.2) is 61.6 Å². The molecule has 5 rings (SSSR count). The fourth-order valence-electron chi connectivity index (χ4n) is 7.83. The Morgan fingerprint density at radius 3 is 2.43 bits per heavy atom. The van der Waals surface area contributed by atoms with Crippen LogP contribution in [0.5, 0.6) is 0 Å². The molecule has 1 aliphatic heterocycles. The van der Waals surface area contributed by atoms with Crippen molar-refractivity contribution in [2.75, 3.05) is 26.9 Å². The number of rotatable bonds is 10. The number of carbonyl (C=O) groups excluding carboxylic acids is 3. The number of nitrogens with zero attached hydrogens (tertiary/aromatic N) is 1. The van der Waals surface area contributed by atoms with E-state index in [2.05, 4.69) is 0 Å². The fraction of sp³-hybridized carbons (Fsp3) is 0.676. The molecule has 8 heteroatoms. The Bertz CT molecular complexity index is 1240. The van der Waals surface area contributed by atoms with Gasteiger partial charge in [0.05, 0.1) is 25.4 Å². The molecule has 7 nitrogen and oxygen atoms in total. The highest BCUT2D eigenvalue weighted by atomic mass is 19.1. The van der Waals surface area contributed by atoms with E-state index in [9.17, 15) is 18.8 Å². The SMILES string of the molecule is CCOC(=O)c1cc2cc(CC(=O)[C@H]3[C@@H](C4CCC(OC)CC4)CCN3C(=O)C3CCC([C@H](C)CF)CC3)ccc2o1. The molecule has 0 spiro atoms. The van der Waals surface area contributed by atoms with E-state index in [1.807, 2.05) is 24.0 Å².